The Morgan fingerprint density at radius 1 is 0.838 bits per heavy atom. The van der Waals surface area contributed by atoms with E-state index < -0.39 is 0 Å². The predicted molar refractivity (Wildman–Crippen MR) is 147 cm³/mol. The molecular formula is C29H37N7O. The van der Waals surface area contributed by atoms with Crippen LogP contribution < -0.4 is 5.32 Å². The molecule has 0 radical (unpaired) electrons. The van der Waals surface area contributed by atoms with Gasteiger partial charge in [0.1, 0.15) is 11.6 Å². The highest BCUT2D eigenvalue weighted by Crippen LogP contribution is 2.16. The van der Waals surface area contributed by atoms with Gasteiger partial charge in [0.2, 0.25) is 0 Å². The first-order valence-electron chi connectivity index (χ1n) is 13.0. The van der Waals surface area contributed by atoms with Crippen molar-refractivity contribution >= 4 is 11.6 Å². The van der Waals surface area contributed by atoms with Crippen molar-refractivity contribution in [3.63, 3.8) is 0 Å². The summed E-state index contributed by atoms with van der Waals surface area (Å²) in [5.41, 5.74) is 4.18. The molecule has 1 amide bonds. The average Bonchev–Trinajstić information content (AvgIpc) is 3.62. The second kappa shape index (κ2) is 13.4. The Morgan fingerprint density at radius 3 is 2.05 bits per heavy atom. The normalized spacial score (nSPS) is 11.1. The molecule has 0 aliphatic heterocycles. The van der Waals surface area contributed by atoms with E-state index in [4.69, 9.17) is 0 Å². The van der Waals surface area contributed by atoms with Gasteiger partial charge in [-0.25, -0.2) is 9.97 Å². The van der Waals surface area contributed by atoms with E-state index in [2.05, 4.69) is 68.3 Å². The van der Waals surface area contributed by atoms with Gasteiger partial charge in [-0.15, -0.1) is 0 Å². The summed E-state index contributed by atoms with van der Waals surface area (Å²) < 4.78 is 0. The number of hydrogen-bond donors (Lipinski definition) is 3. The zero-order valence-electron chi connectivity index (χ0n) is 21.8. The number of H-pyrrole nitrogens is 2. The molecule has 8 heteroatoms. The molecule has 194 valence electrons. The van der Waals surface area contributed by atoms with Crippen molar-refractivity contribution in [1.29, 1.82) is 0 Å². The molecule has 0 unspecified atom stereocenters. The lowest BCUT2D eigenvalue weighted by Gasteiger charge is -2.21. The second-order valence-electron chi connectivity index (χ2n) is 9.26. The van der Waals surface area contributed by atoms with Crippen LogP contribution in [0.4, 0.5) is 5.69 Å². The smallest absolute Gasteiger partial charge is 0.254 e. The fourth-order valence-corrected chi connectivity index (χ4v) is 4.42. The molecule has 2 heterocycles. The van der Waals surface area contributed by atoms with Crippen LogP contribution in [0.15, 0.2) is 73.3 Å². The van der Waals surface area contributed by atoms with Crippen LogP contribution in [0.5, 0.6) is 0 Å². The van der Waals surface area contributed by atoms with Crippen LogP contribution in [0.25, 0.3) is 0 Å². The Bertz CT molecular complexity index is 1160. The minimum atomic E-state index is -0.0660. The van der Waals surface area contributed by atoms with Crippen LogP contribution >= 0.6 is 0 Å². The molecular weight excluding hydrogens is 462 g/mol. The van der Waals surface area contributed by atoms with Gasteiger partial charge >= 0.3 is 0 Å². The van der Waals surface area contributed by atoms with Gasteiger partial charge in [0.15, 0.2) is 0 Å². The van der Waals surface area contributed by atoms with Gasteiger partial charge in [0.25, 0.3) is 5.91 Å². The Balaban J connectivity index is 1.37. The van der Waals surface area contributed by atoms with Crippen molar-refractivity contribution < 1.29 is 4.79 Å². The first-order valence-corrected chi connectivity index (χ1v) is 13.0. The number of carbonyl (C=O) groups excluding carboxylic acids is 1. The molecule has 0 bridgehead atoms. The number of carbonyl (C=O) groups is 1. The molecule has 0 saturated carbocycles. The third kappa shape index (κ3) is 7.79. The van der Waals surface area contributed by atoms with E-state index in [0.29, 0.717) is 25.2 Å². The van der Waals surface area contributed by atoms with Crippen LogP contribution in [-0.4, -0.2) is 48.7 Å². The predicted octanol–water partition coefficient (Wildman–Crippen LogP) is 5.21. The van der Waals surface area contributed by atoms with Gasteiger partial charge < -0.3 is 20.2 Å². The standard InChI is InChI=1S/C29H37N7O/c1-3-16-35(17-4-2)20-24-6-5-7-26(18-24)34-19-23-8-10-25(11-9-23)29(37)36(21-27-30-12-13-31-27)22-28-32-14-15-33-28/h5-15,18,34H,3-4,16-17,19-22H2,1-2H3,(H,30,31)(H,32,33). The molecule has 0 spiro atoms. The number of hydrogen-bond acceptors (Lipinski definition) is 5. The average molecular weight is 500 g/mol. The zero-order chi connectivity index (χ0) is 25.9. The summed E-state index contributed by atoms with van der Waals surface area (Å²) in [7, 11) is 0. The van der Waals surface area contributed by atoms with E-state index in [1.807, 2.05) is 24.3 Å². The Morgan fingerprint density at radius 2 is 1.49 bits per heavy atom. The molecule has 0 saturated heterocycles. The van der Waals surface area contributed by atoms with Gasteiger partial charge in [-0.1, -0.05) is 38.1 Å². The maximum atomic E-state index is 13.3. The summed E-state index contributed by atoms with van der Waals surface area (Å²) in [6.07, 6.45) is 9.23. The van der Waals surface area contributed by atoms with Gasteiger partial charge in [0, 0.05) is 49.1 Å². The summed E-state index contributed by atoms with van der Waals surface area (Å²) >= 11 is 0. The molecule has 0 aliphatic rings. The number of nitrogens with one attached hydrogen (secondary N) is 3. The zero-order valence-corrected chi connectivity index (χ0v) is 21.8. The van der Waals surface area contributed by atoms with Gasteiger partial charge in [-0.3, -0.25) is 9.69 Å². The van der Waals surface area contributed by atoms with Crippen molar-refractivity contribution in [3.05, 3.63) is 102 Å². The summed E-state index contributed by atoms with van der Waals surface area (Å²) in [5, 5.41) is 3.53. The number of benzene rings is 2. The highest BCUT2D eigenvalue weighted by atomic mass is 16.2. The first-order chi connectivity index (χ1) is 18.1. The molecule has 0 fully saturated rings. The van der Waals surface area contributed by atoms with E-state index in [9.17, 15) is 4.79 Å². The minimum absolute atomic E-state index is 0.0660. The number of imidazole rings is 2. The maximum absolute atomic E-state index is 13.3. The monoisotopic (exact) mass is 499 g/mol. The fraction of sp³-hybridized carbons (Fsp3) is 0.345. The first kappa shape index (κ1) is 26.2. The summed E-state index contributed by atoms with van der Waals surface area (Å²) in [4.78, 5) is 32.3. The van der Waals surface area contributed by atoms with E-state index >= 15 is 0 Å². The Labute approximate surface area is 219 Å². The van der Waals surface area contributed by atoms with Crippen LogP contribution in [-0.2, 0) is 26.2 Å². The molecule has 37 heavy (non-hydrogen) atoms. The molecule has 2 aromatic carbocycles. The van der Waals surface area contributed by atoms with Crippen LogP contribution in [0, 0.1) is 0 Å². The Hall–Kier alpha value is -3.91. The third-order valence-corrected chi connectivity index (χ3v) is 6.19. The lowest BCUT2D eigenvalue weighted by atomic mass is 10.1. The molecule has 8 nitrogen and oxygen atoms in total. The molecule has 4 rings (SSSR count). The quantitative estimate of drug-likeness (QED) is 0.221. The highest BCUT2D eigenvalue weighted by Gasteiger charge is 2.18. The lowest BCUT2D eigenvalue weighted by molar-refractivity contribution is 0.0721. The Kier molecular flexibility index (Phi) is 9.48. The summed E-state index contributed by atoms with van der Waals surface area (Å²) in [5.74, 6) is 1.40. The number of amides is 1. The van der Waals surface area contributed by atoms with Crippen molar-refractivity contribution in [1.82, 2.24) is 29.7 Å². The number of nitrogens with zero attached hydrogens (tertiary/aromatic N) is 4. The molecule has 0 aliphatic carbocycles. The number of aromatic amines is 2. The van der Waals surface area contributed by atoms with Crippen molar-refractivity contribution in [3.8, 4) is 0 Å². The van der Waals surface area contributed by atoms with Crippen LogP contribution in [0.1, 0.15) is 59.8 Å². The maximum Gasteiger partial charge on any atom is 0.254 e. The number of rotatable bonds is 14. The number of aromatic nitrogens is 4. The van der Waals surface area contributed by atoms with E-state index in [1.165, 1.54) is 18.4 Å². The van der Waals surface area contributed by atoms with Crippen molar-refractivity contribution in [2.24, 2.45) is 0 Å². The molecule has 3 N–H and O–H groups in total. The second-order valence-corrected chi connectivity index (χ2v) is 9.26. The van der Waals surface area contributed by atoms with Crippen LogP contribution in [0.3, 0.4) is 0 Å². The number of anilines is 1. The van der Waals surface area contributed by atoms with E-state index in [0.717, 1.165) is 42.5 Å². The van der Waals surface area contributed by atoms with Gasteiger partial charge in [-0.2, -0.15) is 0 Å². The van der Waals surface area contributed by atoms with Gasteiger partial charge in [-0.05, 0) is 61.3 Å². The SMILES string of the molecule is CCCN(CCC)Cc1cccc(NCc2ccc(C(=O)N(Cc3ncc[nH]3)Cc3ncc[nH]3)cc2)c1. The fourth-order valence-electron chi connectivity index (χ4n) is 4.42. The molecule has 2 aromatic heterocycles. The largest absolute Gasteiger partial charge is 0.381 e. The van der Waals surface area contributed by atoms with Gasteiger partial charge in [0.05, 0.1) is 13.1 Å². The minimum Gasteiger partial charge on any atom is -0.381 e. The van der Waals surface area contributed by atoms with Crippen LogP contribution in [0.2, 0.25) is 0 Å². The van der Waals surface area contributed by atoms with E-state index in [1.54, 1.807) is 29.7 Å². The third-order valence-electron chi connectivity index (χ3n) is 6.19. The van der Waals surface area contributed by atoms with Crippen molar-refractivity contribution in [2.75, 3.05) is 18.4 Å². The summed E-state index contributed by atoms with van der Waals surface area (Å²) in [6, 6.07) is 16.4. The van der Waals surface area contributed by atoms with Crippen molar-refractivity contribution in [2.45, 2.75) is 52.9 Å². The molecule has 4 aromatic rings. The lowest BCUT2D eigenvalue weighted by Crippen LogP contribution is -2.31. The summed E-state index contributed by atoms with van der Waals surface area (Å²) in [6.45, 7) is 9.12. The highest BCUT2D eigenvalue weighted by molar-refractivity contribution is 5.94. The topological polar surface area (TPSA) is 92.9 Å². The van der Waals surface area contributed by atoms with E-state index in [-0.39, 0.29) is 5.91 Å². The molecule has 0 atom stereocenters.